The SMILES string of the molecule is CCc1cccc(C(=O)Nc2sc3c(c2C(=O)Nc2ccc(CCc4ccc(C(=O)O)cc4)cc2)CCCC3)c1. The summed E-state index contributed by atoms with van der Waals surface area (Å²) in [4.78, 5) is 38.9. The van der Waals surface area contributed by atoms with E-state index in [1.54, 1.807) is 18.2 Å². The van der Waals surface area contributed by atoms with Gasteiger partial charge in [0, 0.05) is 16.1 Å². The molecule has 0 saturated heterocycles. The number of anilines is 2. The molecule has 204 valence electrons. The molecule has 0 spiro atoms. The Balaban J connectivity index is 1.28. The minimum absolute atomic E-state index is 0.204. The summed E-state index contributed by atoms with van der Waals surface area (Å²) in [5, 5.41) is 15.8. The van der Waals surface area contributed by atoms with E-state index in [1.807, 2.05) is 54.6 Å². The van der Waals surface area contributed by atoms with E-state index < -0.39 is 5.97 Å². The smallest absolute Gasteiger partial charge is 0.335 e. The number of aromatic carboxylic acids is 1. The standard InChI is InChI=1S/C33H32N2O4S/c1-2-21-6-5-7-25(20-21)30(36)35-32-29(27-8-3-4-9-28(27)40-32)31(37)34-26-18-14-23(15-19-26)11-10-22-12-16-24(17-13-22)33(38)39/h5-7,12-20H,2-4,8-11H2,1H3,(H,34,37)(H,35,36)(H,38,39). The molecule has 0 radical (unpaired) electrons. The number of benzene rings is 3. The summed E-state index contributed by atoms with van der Waals surface area (Å²) in [6.45, 7) is 2.06. The molecule has 4 aromatic rings. The summed E-state index contributed by atoms with van der Waals surface area (Å²) in [6, 6.07) is 22.3. The predicted octanol–water partition coefficient (Wildman–Crippen LogP) is 7.18. The number of carbonyl (C=O) groups is 3. The summed E-state index contributed by atoms with van der Waals surface area (Å²) >= 11 is 1.52. The quantitative estimate of drug-likeness (QED) is 0.205. The zero-order valence-electron chi connectivity index (χ0n) is 22.5. The Kier molecular flexibility index (Phi) is 8.41. The van der Waals surface area contributed by atoms with Crippen LogP contribution in [0.15, 0.2) is 72.8 Å². The van der Waals surface area contributed by atoms with Crippen molar-refractivity contribution in [1.82, 2.24) is 0 Å². The highest BCUT2D eigenvalue weighted by Gasteiger charge is 2.27. The van der Waals surface area contributed by atoms with Gasteiger partial charge in [0.2, 0.25) is 0 Å². The first-order valence-corrected chi connectivity index (χ1v) is 14.5. The van der Waals surface area contributed by atoms with Crippen LogP contribution >= 0.6 is 11.3 Å². The molecule has 0 aliphatic heterocycles. The van der Waals surface area contributed by atoms with Crippen molar-refractivity contribution in [3.05, 3.63) is 117 Å². The number of thiophene rings is 1. The fourth-order valence-corrected chi connectivity index (χ4v) is 6.33. The number of nitrogens with one attached hydrogen (secondary N) is 2. The highest BCUT2D eigenvalue weighted by molar-refractivity contribution is 7.17. The Morgan fingerprint density at radius 1 is 0.775 bits per heavy atom. The number of fused-ring (bicyclic) bond motifs is 1. The maximum atomic E-state index is 13.6. The molecule has 0 unspecified atom stereocenters. The van der Waals surface area contributed by atoms with Crippen LogP contribution in [0.4, 0.5) is 10.7 Å². The van der Waals surface area contributed by atoms with Crippen LogP contribution in [0.1, 0.15) is 78.0 Å². The van der Waals surface area contributed by atoms with Crippen molar-refractivity contribution in [2.24, 2.45) is 0 Å². The van der Waals surface area contributed by atoms with Gasteiger partial charge in [0.1, 0.15) is 5.00 Å². The molecule has 3 N–H and O–H groups in total. The van der Waals surface area contributed by atoms with E-state index in [1.165, 1.54) is 16.2 Å². The van der Waals surface area contributed by atoms with Crippen molar-refractivity contribution in [3.8, 4) is 0 Å². The first kappa shape index (κ1) is 27.3. The number of amides is 2. The van der Waals surface area contributed by atoms with E-state index in [9.17, 15) is 14.4 Å². The average Bonchev–Trinajstić information content (AvgIpc) is 3.35. The lowest BCUT2D eigenvalue weighted by atomic mass is 9.95. The Bertz CT molecular complexity index is 1540. The first-order chi connectivity index (χ1) is 19.4. The molecule has 1 aliphatic rings. The largest absolute Gasteiger partial charge is 0.478 e. The third-order valence-corrected chi connectivity index (χ3v) is 8.55. The third kappa shape index (κ3) is 6.32. The lowest BCUT2D eigenvalue weighted by molar-refractivity contribution is 0.0696. The molecular weight excluding hydrogens is 520 g/mol. The summed E-state index contributed by atoms with van der Waals surface area (Å²) in [6.07, 6.45) is 6.32. The second kappa shape index (κ2) is 12.3. The summed E-state index contributed by atoms with van der Waals surface area (Å²) in [5.41, 5.74) is 6.48. The van der Waals surface area contributed by atoms with Gasteiger partial charge in [-0.15, -0.1) is 11.3 Å². The van der Waals surface area contributed by atoms with Gasteiger partial charge in [0.05, 0.1) is 11.1 Å². The van der Waals surface area contributed by atoms with Gasteiger partial charge >= 0.3 is 5.97 Å². The van der Waals surface area contributed by atoms with E-state index in [4.69, 9.17) is 5.11 Å². The zero-order chi connectivity index (χ0) is 28.1. The second-order valence-electron chi connectivity index (χ2n) is 10.1. The highest BCUT2D eigenvalue weighted by Crippen LogP contribution is 2.39. The lowest BCUT2D eigenvalue weighted by Gasteiger charge is -2.14. The van der Waals surface area contributed by atoms with E-state index in [-0.39, 0.29) is 17.4 Å². The van der Waals surface area contributed by atoms with E-state index >= 15 is 0 Å². The Morgan fingerprint density at radius 2 is 1.45 bits per heavy atom. The fraction of sp³-hybridized carbons (Fsp3) is 0.242. The fourth-order valence-electron chi connectivity index (χ4n) is 5.05. The minimum atomic E-state index is -0.927. The van der Waals surface area contributed by atoms with Gasteiger partial charge < -0.3 is 15.7 Å². The molecule has 5 rings (SSSR count). The Hall–Kier alpha value is -4.23. The molecule has 1 aliphatic carbocycles. The predicted molar refractivity (Wildman–Crippen MR) is 160 cm³/mol. The van der Waals surface area contributed by atoms with Gasteiger partial charge in [-0.3, -0.25) is 9.59 Å². The molecule has 7 heteroatoms. The van der Waals surface area contributed by atoms with Crippen LogP contribution in [0.2, 0.25) is 0 Å². The normalized spacial score (nSPS) is 12.4. The van der Waals surface area contributed by atoms with Crippen molar-refractivity contribution >= 4 is 39.8 Å². The van der Waals surface area contributed by atoms with Crippen molar-refractivity contribution in [2.75, 3.05) is 10.6 Å². The number of carbonyl (C=O) groups excluding carboxylic acids is 2. The van der Waals surface area contributed by atoms with Crippen molar-refractivity contribution in [3.63, 3.8) is 0 Å². The van der Waals surface area contributed by atoms with Crippen LogP contribution in [0.5, 0.6) is 0 Å². The van der Waals surface area contributed by atoms with Crippen LogP contribution in [0.3, 0.4) is 0 Å². The third-order valence-electron chi connectivity index (χ3n) is 7.34. The number of rotatable bonds is 9. The number of carboxylic acids is 1. The van der Waals surface area contributed by atoms with Gasteiger partial charge in [-0.1, -0.05) is 43.3 Å². The highest BCUT2D eigenvalue weighted by atomic mass is 32.1. The van der Waals surface area contributed by atoms with E-state index in [0.717, 1.165) is 67.2 Å². The first-order valence-electron chi connectivity index (χ1n) is 13.7. The number of hydrogen-bond acceptors (Lipinski definition) is 4. The molecule has 0 fully saturated rings. The minimum Gasteiger partial charge on any atom is -0.478 e. The topological polar surface area (TPSA) is 95.5 Å². The number of carboxylic acid groups (broad SMARTS) is 1. The number of aryl methyl sites for hydroxylation is 4. The molecule has 3 aromatic carbocycles. The molecule has 6 nitrogen and oxygen atoms in total. The van der Waals surface area contributed by atoms with Crippen molar-refractivity contribution in [1.29, 1.82) is 0 Å². The Morgan fingerprint density at radius 3 is 2.12 bits per heavy atom. The monoisotopic (exact) mass is 552 g/mol. The average molecular weight is 553 g/mol. The summed E-state index contributed by atoms with van der Waals surface area (Å²) in [7, 11) is 0. The summed E-state index contributed by atoms with van der Waals surface area (Å²) < 4.78 is 0. The van der Waals surface area contributed by atoms with Gasteiger partial charge in [0.25, 0.3) is 11.8 Å². The molecular formula is C33H32N2O4S. The van der Waals surface area contributed by atoms with Crippen LogP contribution in [-0.2, 0) is 32.1 Å². The molecule has 0 bridgehead atoms. The van der Waals surface area contributed by atoms with Crippen LogP contribution < -0.4 is 10.6 Å². The Labute approximate surface area is 238 Å². The van der Waals surface area contributed by atoms with Crippen LogP contribution in [-0.4, -0.2) is 22.9 Å². The second-order valence-corrected chi connectivity index (χ2v) is 11.2. The van der Waals surface area contributed by atoms with Gasteiger partial charge in [-0.2, -0.15) is 0 Å². The molecule has 1 aromatic heterocycles. The zero-order valence-corrected chi connectivity index (χ0v) is 23.3. The number of hydrogen-bond donors (Lipinski definition) is 3. The van der Waals surface area contributed by atoms with Gasteiger partial charge in [-0.05, 0) is 104 Å². The van der Waals surface area contributed by atoms with Crippen LogP contribution in [0, 0.1) is 0 Å². The van der Waals surface area contributed by atoms with E-state index in [0.29, 0.717) is 21.8 Å². The summed E-state index contributed by atoms with van der Waals surface area (Å²) in [5.74, 6) is -1.34. The molecule has 0 saturated carbocycles. The van der Waals surface area contributed by atoms with E-state index in [2.05, 4.69) is 17.6 Å². The van der Waals surface area contributed by atoms with Crippen molar-refractivity contribution in [2.45, 2.75) is 51.9 Å². The van der Waals surface area contributed by atoms with Gasteiger partial charge in [0.15, 0.2) is 0 Å². The maximum absolute atomic E-state index is 13.6. The van der Waals surface area contributed by atoms with Crippen LogP contribution in [0.25, 0.3) is 0 Å². The maximum Gasteiger partial charge on any atom is 0.335 e. The van der Waals surface area contributed by atoms with Crippen molar-refractivity contribution < 1.29 is 19.5 Å². The molecule has 1 heterocycles. The molecule has 40 heavy (non-hydrogen) atoms. The molecule has 0 atom stereocenters. The molecule has 2 amide bonds. The lowest BCUT2D eigenvalue weighted by Crippen LogP contribution is -2.18. The van der Waals surface area contributed by atoms with Gasteiger partial charge in [-0.25, -0.2) is 4.79 Å².